The number of hydrogen-bond donors (Lipinski definition) is 2. The van der Waals surface area contributed by atoms with Gasteiger partial charge in [0.1, 0.15) is 5.82 Å². The first-order valence-electron chi connectivity index (χ1n) is 4.45. The number of anilines is 2. The highest BCUT2D eigenvalue weighted by atomic mass is 79.9. The van der Waals surface area contributed by atoms with E-state index in [1.165, 1.54) is 12.1 Å². The summed E-state index contributed by atoms with van der Waals surface area (Å²) < 4.78 is 39.0. The Morgan fingerprint density at radius 2 is 2.11 bits per heavy atom. The van der Waals surface area contributed by atoms with Gasteiger partial charge in [-0.1, -0.05) is 11.3 Å². The smallest absolute Gasteiger partial charge is 0.291 e. The summed E-state index contributed by atoms with van der Waals surface area (Å²) in [5.41, 5.74) is 5.39. The third kappa shape index (κ3) is 2.76. The zero-order valence-electron chi connectivity index (χ0n) is 8.59. The Bertz CT molecular complexity index is 688. The van der Waals surface area contributed by atoms with Crippen LogP contribution in [0.15, 0.2) is 27.0 Å². The lowest BCUT2D eigenvalue weighted by molar-refractivity contribution is 0.599. The molecular formula is C8H6BrFN4O2S2. The van der Waals surface area contributed by atoms with E-state index in [-0.39, 0.29) is 19.6 Å². The molecule has 2 aromatic rings. The zero-order chi connectivity index (χ0) is 13.3. The van der Waals surface area contributed by atoms with Gasteiger partial charge in [0.05, 0.1) is 10.2 Å². The molecule has 1 heterocycles. The van der Waals surface area contributed by atoms with E-state index in [4.69, 9.17) is 5.73 Å². The van der Waals surface area contributed by atoms with Crippen molar-refractivity contribution in [2.75, 3.05) is 10.5 Å². The molecule has 0 spiro atoms. The molecule has 2 rings (SSSR count). The van der Waals surface area contributed by atoms with Crippen LogP contribution in [0.25, 0.3) is 0 Å². The summed E-state index contributed by atoms with van der Waals surface area (Å²) in [5.74, 6) is -0.577. The average Bonchev–Trinajstić information content (AvgIpc) is 2.71. The van der Waals surface area contributed by atoms with E-state index in [9.17, 15) is 12.8 Å². The Balaban J connectivity index is 2.30. The van der Waals surface area contributed by atoms with Crippen molar-refractivity contribution in [3.8, 4) is 0 Å². The maximum atomic E-state index is 13.2. The summed E-state index contributed by atoms with van der Waals surface area (Å²) in [5, 5.41) is 6.85. The molecule has 0 amide bonds. The average molecular weight is 353 g/mol. The lowest BCUT2D eigenvalue weighted by atomic mass is 10.3. The van der Waals surface area contributed by atoms with Crippen molar-refractivity contribution < 1.29 is 12.8 Å². The molecule has 0 radical (unpaired) electrons. The molecule has 0 unspecified atom stereocenters. The highest BCUT2D eigenvalue weighted by Crippen LogP contribution is 2.23. The number of rotatable bonds is 3. The van der Waals surface area contributed by atoms with Crippen LogP contribution in [0.4, 0.5) is 15.2 Å². The maximum Gasteiger partial charge on any atom is 0.291 e. The zero-order valence-corrected chi connectivity index (χ0v) is 11.8. The number of benzene rings is 1. The Morgan fingerprint density at radius 1 is 1.39 bits per heavy atom. The van der Waals surface area contributed by atoms with Gasteiger partial charge in [-0.2, -0.15) is 8.42 Å². The quantitative estimate of drug-likeness (QED) is 0.877. The first-order chi connectivity index (χ1) is 8.38. The number of nitrogens with one attached hydrogen (secondary N) is 1. The van der Waals surface area contributed by atoms with Crippen molar-refractivity contribution in [2.24, 2.45) is 0 Å². The van der Waals surface area contributed by atoms with Gasteiger partial charge in [-0.05, 0) is 34.1 Å². The van der Waals surface area contributed by atoms with Gasteiger partial charge < -0.3 is 5.73 Å². The van der Waals surface area contributed by atoms with Crippen molar-refractivity contribution in [1.82, 2.24) is 10.2 Å². The van der Waals surface area contributed by atoms with E-state index in [0.717, 1.165) is 17.4 Å². The molecule has 3 N–H and O–H groups in total. The molecule has 18 heavy (non-hydrogen) atoms. The third-order valence-corrected chi connectivity index (χ3v) is 4.97. The van der Waals surface area contributed by atoms with E-state index in [1.54, 1.807) is 0 Å². The lowest BCUT2D eigenvalue weighted by Crippen LogP contribution is -2.12. The van der Waals surface area contributed by atoms with Crippen molar-refractivity contribution in [1.29, 1.82) is 0 Å². The van der Waals surface area contributed by atoms with Gasteiger partial charge in [-0.25, -0.2) is 4.39 Å². The first-order valence-corrected chi connectivity index (χ1v) is 7.54. The fraction of sp³-hybridized carbons (Fsp3) is 0. The molecule has 6 nitrogen and oxygen atoms in total. The SMILES string of the molecule is Nc1nnc(S(=O)(=O)Nc2ccc(Br)c(F)c2)s1. The second kappa shape index (κ2) is 4.78. The molecule has 0 bridgehead atoms. The molecule has 0 saturated carbocycles. The van der Waals surface area contributed by atoms with Crippen LogP contribution in [0.2, 0.25) is 0 Å². The lowest BCUT2D eigenvalue weighted by Gasteiger charge is -2.05. The summed E-state index contributed by atoms with van der Waals surface area (Å²) in [6.07, 6.45) is 0. The molecule has 1 aromatic carbocycles. The summed E-state index contributed by atoms with van der Waals surface area (Å²) in [6, 6.07) is 3.85. The number of hydrogen-bond acceptors (Lipinski definition) is 6. The minimum atomic E-state index is -3.89. The molecule has 96 valence electrons. The van der Waals surface area contributed by atoms with E-state index >= 15 is 0 Å². The van der Waals surface area contributed by atoms with Gasteiger partial charge in [0.2, 0.25) is 5.13 Å². The van der Waals surface area contributed by atoms with Gasteiger partial charge in [-0.3, -0.25) is 4.72 Å². The van der Waals surface area contributed by atoms with E-state index in [0.29, 0.717) is 0 Å². The second-order valence-electron chi connectivity index (χ2n) is 3.14. The Morgan fingerprint density at radius 3 is 2.67 bits per heavy atom. The highest BCUT2D eigenvalue weighted by Gasteiger charge is 2.20. The third-order valence-electron chi connectivity index (χ3n) is 1.82. The topological polar surface area (TPSA) is 98.0 Å². The van der Waals surface area contributed by atoms with Gasteiger partial charge >= 0.3 is 0 Å². The van der Waals surface area contributed by atoms with Crippen molar-refractivity contribution in [2.45, 2.75) is 4.34 Å². The summed E-state index contributed by atoms with van der Waals surface area (Å²) in [4.78, 5) is 0. The van der Waals surface area contributed by atoms with Gasteiger partial charge in [-0.15, -0.1) is 10.2 Å². The number of nitrogens with two attached hydrogens (primary N) is 1. The van der Waals surface area contributed by atoms with Crippen LogP contribution in [0.5, 0.6) is 0 Å². The molecule has 0 aliphatic heterocycles. The Labute approximate surface area is 114 Å². The van der Waals surface area contributed by atoms with Crippen molar-refractivity contribution >= 4 is 48.1 Å². The van der Waals surface area contributed by atoms with E-state index in [1.807, 2.05) is 0 Å². The minimum Gasteiger partial charge on any atom is -0.374 e. The number of sulfonamides is 1. The van der Waals surface area contributed by atoms with Gasteiger partial charge in [0.25, 0.3) is 14.4 Å². The van der Waals surface area contributed by atoms with Crippen LogP contribution in [-0.4, -0.2) is 18.6 Å². The van der Waals surface area contributed by atoms with E-state index in [2.05, 4.69) is 30.8 Å². The molecule has 0 aliphatic rings. The van der Waals surface area contributed by atoms with Crippen LogP contribution >= 0.6 is 27.3 Å². The minimum absolute atomic E-state index is 0.0392. The molecule has 10 heteroatoms. The summed E-state index contributed by atoms with van der Waals surface area (Å²) in [6.45, 7) is 0. The van der Waals surface area contributed by atoms with Crippen molar-refractivity contribution in [3.63, 3.8) is 0 Å². The monoisotopic (exact) mass is 352 g/mol. The molecule has 0 saturated heterocycles. The van der Waals surface area contributed by atoms with Crippen LogP contribution in [-0.2, 0) is 10.0 Å². The highest BCUT2D eigenvalue weighted by molar-refractivity contribution is 9.10. The number of halogens is 2. The number of nitrogens with zero attached hydrogens (tertiary/aromatic N) is 2. The van der Waals surface area contributed by atoms with Crippen molar-refractivity contribution in [3.05, 3.63) is 28.5 Å². The van der Waals surface area contributed by atoms with Crippen LogP contribution in [0.1, 0.15) is 0 Å². The van der Waals surface area contributed by atoms with E-state index < -0.39 is 15.8 Å². The largest absolute Gasteiger partial charge is 0.374 e. The van der Waals surface area contributed by atoms with Gasteiger partial charge in [0, 0.05) is 0 Å². The Hall–Kier alpha value is -1.26. The standard InChI is InChI=1S/C8H6BrFN4O2S2/c9-5-2-1-4(3-6(5)10)14-18(15,16)8-13-12-7(11)17-8/h1-3,14H,(H2,11,12). The molecule has 0 fully saturated rings. The maximum absolute atomic E-state index is 13.2. The fourth-order valence-electron chi connectivity index (χ4n) is 1.09. The predicted octanol–water partition coefficient (Wildman–Crippen LogP) is 1.82. The van der Waals surface area contributed by atoms with Crippen LogP contribution in [0.3, 0.4) is 0 Å². The van der Waals surface area contributed by atoms with Gasteiger partial charge in [0.15, 0.2) is 0 Å². The second-order valence-corrected chi connectivity index (χ2v) is 6.86. The van der Waals surface area contributed by atoms with Crippen LogP contribution in [0, 0.1) is 5.82 Å². The fourth-order valence-corrected chi connectivity index (χ4v) is 3.17. The molecule has 1 aromatic heterocycles. The first kappa shape index (κ1) is 13.2. The summed E-state index contributed by atoms with van der Waals surface area (Å²) in [7, 11) is -3.89. The Kier molecular flexibility index (Phi) is 3.50. The predicted molar refractivity (Wildman–Crippen MR) is 69.2 cm³/mol. The molecular weight excluding hydrogens is 347 g/mol. The molecule has 0 aliphatic carbocycles. The van der Waals surface area contributed by atoms with Crippen LogP contribution < -0.4 is 10.5 Å². The number of aromatic nitrogens is 2. The number of nitrogen functional groups attached to an aromatic ring is 1. The normalized spacial score (nSPS) is 11.4. The molecule has 0 atom stereocenters. The summed E-state index contributed by atoms with van der Waals surface area (Å²) >= 11 is 3.69.